The zero-order chi connectivity index (χ0) is 28.8. The second-order valence-electron chi connectivity index (χ2n) is 11.5. The van der Waals surface area contributed by atoms with E-state index in [0.29, 0.717) is 65.4 Å². The number of amides is 3. The van der Waals surface area contributed by atoms with Crippen molar-refractivity contribution in [2.45, 2.75) is 44.6 Å². The molecule has 10 heteroatoms. The molecule has 2 unspecified atom stereocenters. The van der Waals surface area contributed by atoms with Crippen molar-refractivity contribution >= 4 is 52.5 Å². The Labute approximate surface area is 250 Å². The lowest BCUT2D eigenvalue weighted by Gasteiger charge is -2.34. The van der Waals surface area contributed by atoms with E-state index in [1.807, 2.05) is 28.9 Å². The second kappa shape index (κ2) is 11.4. The molecule has 0 radical (unpaired) electrons. The molecule has 2 aromatic rings. The molecule has 2 aliphatic heterocycles. The molecule has 0 spiro atoms. The third-order valence-electron chi connectivity index (χ3n) is 8.84. The summed E-state index contributed by atoms with van der Waals surface area (Å²) in [6.45, 7) is 4.09. The minimum Gasteiger partial charge on any atom is -0.495 e. The van der Waals surface area contributed by atoms with Crippen molar-refractivity contribution in [3.05, 3.63) is 62.6 Å². The SMILES string of the molecule is COc1cc(C(=O)N(C)C2CN(C(=O)C3CCN(C(=O)C4(C)CC4)CC3)CC2c2ccc(Cl)c(Cl)c2)ccc1Cl. The predicted molar refractivity (Wildman–Crippen MR) is 156 cm³/mol. The number of methoxy groups -OCH3 is 1. The molecule has 7 nitrogen and oxygen atoms in total. The smallest absolute Gasteiger partial charge is 0.254 e. The lowest BCUT2D eigenvalue weighted by Crippen LogP contribution is -2.46. The number of carbonyl (C=O) groups excluding carboxylic acids is 3. The fraction of sp³-hybridized carbons (Fsp3) is 0.500. The van der Waals surface area contributed by atoms with Gasteiger partial charge < -0.3 is 19.4 Å². The molecular formula is C30H34Cl3N3O4. The van der Waals surface area contributed by atoms with Crippen LogP contribution in [0.25, 0.3) is 0 Å². The highest BCUT2D eigenvalue weighted by Gasteiger charge is 2.48. The van der Waals surface area contributed by atoms with Gasteiger partial charge in [-0.3, -0.25) is 14.4 Å². The third kappa shape index (κ3) is 5.65. The molecular weight excluding hydrogens is 573 g/mol. The van der Waals surface area contributed by atoms with Crippen molar-refractivity contribution < 1.29 is 19.1 Å². The zero-order valence-corrected chi connectivity index (χ0v) is 25.2. The molecule has 2 heterocycles. The van der Waals surface area contributed by atoms with Crippen molar-refractivity contribution in [1.29, 1.82) is 0 Å². The number of benzene rings is 2. The summed E-state index contributed by atoms with van der Waals surface area (Å²) in [4.78, 5) is 45.6. The standard InChI is InChI=1S/C30H34Cl3N3O4/c1-30(10-11-30)29(39)35-12-8-18(9-13-35)28(38)36-16-21(19-4-6-22(31)24(33)14-19)25(17-36)34(2)27(37)20-5-7-23(32)26(15-20)40-3/h4-7,14-15,18,21,25H,8-13,16-17H2,1-3H3. The van der Waals surface area contributed by atoms with Crippen molar-refractivity contribution in [1.82, 2.24) is 14.7 Å². The van der Waals surface area contributed by atoms with Crippen LogP contribution in [-0.4, -0.2) is 78.8 Å². The molecule has 1 saturated carbocycles. The van der Waals surface area contributed by atoms with Crippen LogP contribution in [0.3, 0.4) is 0 Å². The first-order valence-electron chi connectivity index (χ1n) is 13.7. The Morgan fingerprint density at radius 1 is 0.925 bits per heavy atom. The number of carbonyl (C=O) groups is 3. The molecule has 214 valence electrons. The first-order chi connectivity index (χ1) is 19.0. The molecule has 1 aliphatic carbocycles. The van der Waals surface area contributed by atoms with Crippen molar-refractivity contribution in [2.75, 3.05) is 40.3 Å². The summed E-state index contributed by atoms with van der Waals surface area (Å²) in [6.07, 6.45) is 3.20. The van der Waals surface area contributed by atoms with E-state index in [4.69, 9.17) is 39.5 Å². The third-order valence-corrected chi connectivity index (χ3v) is 9.89. The van der Waals surface area contributed by atoms with Gasteiger partial charge in [0.2, 0.25) is 11.8 Å². The van der Waals surface area contributed by atoms with E-state index in [1.54, 1.807) is 36.2 Å². The maximum atomic E-state index is 13.8. The zero-order valence-electron chi connectivity index (χ0n) is 23.0. The van der Waals surface area contributed by atoms with Crippen molar-refractivity contribution in [2.24, 2.45) is 11.3 Å². The maximum Gasteiger partial charge on any atom is 0.254 e. The Balaban J connectivity index is 1.34. The van der Waals surface area contributed by atoms with E-state index in [0.717, 1.165) is 18.4 Å². The number of likely N-dealkylation sites (N-methyl/N-ethyl adjacent to an activating group) is 1. The highest BCUT2D eigenvalue weighted by atomic mass is 35.5. The van der Waals surface area contributed by atoms with Crippen LogP contribution >= 0.6 is 34.8 Å². The van der Waals surface area contributed by atoms with Gasteiger partial charge in [0.1, 0.15) is 5.75 Å². The Morgan fingerprint density at radius 3 is 2.23 bits per heavy atom. The van der Waals surface area contributed by atoms with Gasteiger partial charge >= 0.3 is 0 Å². The summed E-state index contributed by atoms with van der Waals surface area (Å²) in [6, 6.07) is 10.1. The van der Waals surface area contributed by atoms with Gasteiger partial charge in [-0.1, -0.05) is 47.8 Å². The highest BCUT2D eigenvalue weighted by molar-refractivity contribution is 6.42. The monoisotopic (exact) mass is 605 g/mol. The van der Waals surface area contributed by atoms with E-state index in [-0.39, 0.29) is 41.0 Å². The summed E-state index contributed by atoms with van der Waals surface area (Å²) >= 11 is 18.7. The van der Waals surface area contributed by atoms with Crippen LogP contribution in [0.15, 0.2) is 36.4 Å². The van der Waals surface area contributed by atoms with E-state index < -0.39 is 0 Å². The summed E-state index contributed by atoms with van der Waals surface area (Å²) in [5, 5.41) is 1.31. The first kappa shape index (κ1) is 29.0. The largest absolute Gasteiger partial charge is 0.495 e. The summed E-state index contributed by atoms with van der Waals surface area (Å²) in [7, 11) is 3.27. The van der Waals surface area contributed by atoms with Gasteiger partial charge in [-0.2, -0.15) is 0 Å². The van der Waals surface area contributed by atoms with Gasteiger partial charge in [-0.25, -0.2) is 0 Å². The van der Waals surface area contributed by atoms with Gasteiger partial charge in [-0.05, 0) is 61.6 Å². The van der Waals surface area contributed by atoms with E-state index in [9.17, 15) is 14.4 Å². The topological polar surface area (TPSA) is 70.2 Å². The molecule has 0 N–H and O–H groups in total. The first-order valence-corrected chi connectivity index (χ1v) is 14.8. The number of hydrogen-bond acceptors (Lipinski definition) is 4. The molecule has 5 rings (SSSR count). The highest BCUT2D eigenvalue weighted by Crippen LogP contribution is 2.47. The molecule has 3 amide bonds. The Bertz CT molecular complexity index is 1320. The van der Waals surface area contributed by atoms with E-state index in [2.05, 4.69) is 0 Å². The molecule has 2 atom stereocenters. The van der Waals surface area contributed by atoms with E-state index >= 15 is 0 Å². The number of hydrogen-bond donors (Lipinski definition) is 0. The summed E-state index contributed by atoms with van der Waals surface area (Å²) in [5.41, 5.74) is 1.17. The number of piperidine rings is 1. The van der Waals surface area contributed by atoms with Crippen LogP contribution in [-0.2, 0) is 9.59 Å². The van der Waals surface area contributed by atoms with Crippen LogP contribution in [0.1, 0.15) is 54.4 Å². The van der Waals surface area contributed by atoms with Crippen LogP contribution < -0.4 is 4.74 Å². The van der Waals surface area contributed by atoms with E-state index in [1.165, 1.54) is 7.11 Å². The van der Waals surface area contributed by atoms with Crippen molar-refractivity contribution in [3.63, 3.8) is 0 Å². The van der Waals surface area contributed by atoms with Gasteiger partial charge in [0.25, 0.3) is 5.91 Å². The Kier molecular flexibility index (Phi) is 8.29. The normalized spacial score (nSPS) is 22.2. The minimum absolute atomic E-state index is 0.0753. The lowest BCUT2D eigenvalue weighted by atomic mass is 9.93. The van der Waals surface area contributed by atoms with Crippen LogP contribution in [0.2, 0.25) is 15.1 Å². The van der Waals surface area contributed by atoms with Crippen LogP contribution in [0.5, 0.6) is 5.75 Å². The number of likely N-dealkylation sites (tertiary alicyclic amines) is 2. The molecule has 3 aliphatic rings. The Morgan fingerprint density at radius 2 is 1.60 bits per heavy atom. The molecule has 0 aromatic heterocycles. The number of rotatable bonds is 6. The van der Waals surface area contributed by atoms with Gasteiger partial charge in [0.05, 0.1) is 28.2 Å². The number of nitrogens with zero attached hydrogens (tertiary/aromatic N) is 3. The molecule has 0 bridgehead atoms. The van der Waals surface area contributed by atoms with Crippen LogP contribution in [0, 0.1) is 11.3 Å². The number of ether oxygens (including phenoxy) is 1. The number of halogens is 3. The second-order valence-corrected chi connectivity index (χ2v) is 12.7. The molecule has 3 fully saturated rings. The quantitative estimate of drug-likeness (QED) is 0.419. The summed E-state index contributed by atoms with van der Waals surface area (Å²) in [5.74, 6) is 0.221. The van der Waals surface area contributed by atoms with Crippen molar-refractivity contribution in [3.8, 4) is 5.75 Å². The fourth-order valence-electron chi connectivity index (χ4n) is 5.95. The lowest BCUT2D eigenvalue weighted by molar-refractivity contribution is -0.142. The Hall–Kier alpha value is -2.48. The average Bonchev–Trinajstić information content (AvgIpc) is 3.56. The maximum absolute atomic E-state index is 13.8. The molecule has 2 aromatic carbocycles. The average molecular weight is 607 g/mol. The fourth-order valence-corrected chi connectivity index (χ4v) is 6.45. The van der Waals surface area contributed by atoms with Gasteiger partial charge in [-0.15, -0.1) is 0 Å². The van der Waals surface area contributed by atoms with Crippen LogP contribution in [0.4, 0.5) is 0 Å². The molecule has 2 saturated heterocycles. The molecule has 40 heavy (non-hydrogen) atoms. The minimum atomic E-state index is -0.285. The summed E-state index contributed by atoms with van der Waals surface area (Å²) < 4.78 is 5.31. The van der Waals surface area contributed by atoms with Gasteiger partial charge in [0.15, 0.2) is 0 Å². The van der Waals surface area contributed by atoms with Gasteiger partial charge in [0, 0.05) is 56.0 Å². The predicted octanol–water partition coefficient (Wildman–Crippen LogP) is 5.76.